The summed E-state index contributed by atoms with van der Waals surface area (Å²) in [5, 5.41) is 3.21. The first-order valence-electron chi connectivity index (χ1n) is 6.97. The Labute approximate surface area is 130 Å². The van der Waals surface area contributed by atoms with Gasteiger partial charge < -0.3 is 10.1 Å². The lowest BCUT2D eigenvalue weighted by Gasteiger charge is -2.18. The Kier molecular flexibility index (Phi) is 4.69. The Balaban J connectivity index is 2.38. The van der Waals surface area contributed by atoms with Crippen molar-refractivity contribution in [2.75, 3.05) is 14.2 Å². The lowest BCUT2D eigenvalue weighted by Crippen LogP contribution is -2.18. The molecule has 1 unspecified atom stereocenters. The number of ether oxygens (including phenoxy) is 1. The number of halogens is 1. The molecule has 0 aliphatic heterocycles. The third-order valence-electron chi connectivity index (χ3n) is 3.46. The molecule has 2 rings (SSSR count). The normalized spacial score (nSPS) is 13.2. The largest absolute Gasteiger partial charge is 0.497 e. The molecule has 0 radical (unpaired) electrons. The zero-order valence-corrected chi connectivity index (χ0v) is 14.0. The van der Waals surface area contributed by atoms with E-state index in [0.29, 0.717) is 11.3 Å². The first kappa shape index (κ1) is 16.0. The van der Waals surface area contributed by atoms with Gasteiger partial charge in [0.2, 0.25) is 0 Å². The summed E-state index contributed by atoms with van der Waals surface area (Å²) in [4.78, 5) is 2.41. The number of hydrogen-bond acceptors (Lipinski definition) is 3. The minimum atomic E-state index is -0.251. The third kappa shape index (κ3) is 3.44. The minimum absolute atomic E-state index is 0.111. The Hall–Kier alpha value is -1.39. The van der Waals surface area contributed by atoms with Crippen LogP contribution in [0.15, 0.2) is 30.3 Å². The van der Waals surface area contributed by atoms with Crippen LogP contribution in [0.5, 0.6) is 5.75 Å². The van der Waals surface area contributed by atoms with Crippen molar-refractivity contribution in [3.8, 4) is 5.75 Å². The SMILES string of the molecule is CNC(c1ccc(C(C)(C)C)s1)c1ccc(OC)cc1F. The fourth-order valence-corrected chi connectivity index (χ4v) is 3.43. The average Bonchev–Trinajstić information content (AvgIpc) is 2.91. The predicted octanol–water partition coefficient (Wildman–Crippen LogP) is 4.50. The molecule has 0 saturated carbocycles. The van der Waals surface area contributed by atoms with Crippen molar-refractivity contribution in [2.24, 2.45) is 0 Å². The van der Waals surface area contributed by atoms with Gasteiger partial charge in [0.1, 0.15) is 11.6 Å². The van der Waals surface area contributed by atoms with Crippen LogP contribution in [0, 0.1) is 5.82 Å². The molecule has 114 valence electrons. The molecule has 0 aliphatic rings. The van der Waals surface area contributed by atoms with Crippen LogP contribution in [0.25, 0.3) is 0 Å². The number of nitrogens with one attached hydrogen (secondary N) is 1. The van der Waals surface area contributed by atoms with E-state index in [1.807, 2.05) is 7.05 Å². The van der Waals surface area contributed by atoms with Crippen molar-refractivity contribution < 1.29 is 9.13 Å². The summed E-state index contributed by atoms with van der Waals surface area (Å²) in [6, 6.07) is 9.07. The molecule has 0 bridgehead atoms. The van der Waals surface area contributed by atoms with Gasteiger partial charge in [-0.15, -0.1) is 11.3 Å². The number of benzene rings is 1. The van der Waals surface area contributed by atoms with E-state index in [0.717, 1.165) is 4.88 Å². The average molecular weight is 307 g/mol. The fraction of sp³-hybridized carbons (Fsp3) is 0.412. The van der Waals surface area contributed by atoms with E-state index < -0.39 is 0 Å². The molecular weight excluding hydrogens is 285 g/mol. The topological polar surface area (TPSA) is 21.3 Å². The second-order valence-corrected chi connectivity index (χ2v) is 7.18. The lowest BCUT2D eigenvalue weighted by molar-refractivity contribution is 0.410. The summed E-state index contributed by atoms with van der Waals surface area (Å²) < 4.78 is 19.3. The molecule has 1 heterocycles. The predicted molar refractivity (Wildman–Crippen MR) is 86.9 cm³/mol. The third-order valence-corrected chi connectivity index (χ3v) is 5.03. The molecule has 1 N–H and O–H groups in total. The Bertz CT molecular complexity index is 615. The summed E-state index contributed by atoms with van der Waals surface area (Å²) in [6.45, 7) is 6.56. The highest BCUT2D eigenvalue weighted by atomic mass is 32.1. The molecule has 0 aliphatic carbocycles. The van der Waals surface area contributed by atoms with Gasteiger partial charge in [-0.05, 0) is 30.7 Å². The number of thiophene rings is 1. The second-order valence-electron chi connectivity index (χ2n) is 6.06. The zero-order valence-electron chi connectivity index (χ0n) is 13.2. The van der Waals surface area contributed by atoms with E-state index in [9.17, 15) is 4.39 Å². The van der Waals surface area contributed by atoms with Crippen LogP contribution in [-0.4, -0.2) is 14.2 Å². The molecule has 0 amide bonds. The van der Waals surface area contributed by atoms with Crippen molar-refractivity contribution >= 4 is 11.3 Å². The zero-order chi connectivity index (χ0) is 15.6. The fourth-order valence-electron chi connectivity index (χ4n) is 2.23. The van der Waals surface area contributed by atoms with Crippen molar-refractivity contribution in [3.63, 3.8) is 0 Å². The van der Waals surface area contributed by atoms with Gasteiger partial charge in [0.15, 0.2) is 0 Å². The Morgan fingerprint density at radius 3 is 2.38 bits per heavy atom. The molecule has 21 heavy (non-hydrogen) atoms. The maximum absolute atomic E-state index is 14.3. The molecule has 2 nitrogen and oxygen atoms in total. The first-order valence-corrected chi connectivity index (χ1v) is 7.79. The van der Waals surface area contributed by atoms with Gasteiger partial charge in [-0.3, -0.25) is 0 Å². The van der Waals surface area contributed by atoms with Gasteiger partial charge in [-0.1, -0.05) is 26.8 Å². The molecule has 0 spiro atoms. The minimum Gasteiger partial charge on any atom is -0.497 e. The molecule has 1 atom stereocenters. The summed E-state index contributed by atoms with van der Waals surface area (Å²) in [7, 11) is 3.39. The number of hydrogen-bond donors (Lipinski definition) is 1. The van der Waals surface area contributed by atoms with Gasteiger partial charge in [-0.25, -0.2) is 4.39 Å². The smallest absolute Gasteiger partial charge is 0.132 e. The van der Waals surface area contributed by atoms with Crippen molar-refractivity contribution in [1.82, 2.24) is 5.32 Å². The molecule has 1 aromatic heterocycles. The molecule has 2 aromatic rings. The molecule has 0 fully saturated rings. The standard InChI is InChI=1S/C17H22FNOS/c1-17(2,3)15-9-8-14(21-15)16(19-4)12-7-6-11(20-5)10-13(12)18/h6-10,16,19H,1-5H3. The van der Waals surface area contributed by atoms with E-state index in [4.69, 9.17) is 4.74 Å². The van der Waals surface area contributed by atoms with Crippen LogP contribution < -0.4 is 10.1 Å². The van der Waals surface area contributed by atoms with Gasteiger partial charge >= 0.3 is 0 Å². The number of rotatable bonds is 4. The van der Waals surface area contributed by atoms with Crippen LogP contribution in [0.3, 0.4) is 0 Å². The Morgan fingerprint density at radius 2 is 1.90 bits per heavy atom. The lowest BCUT2D eigenvalue weighted by atomic mass is 9.95. The Morgan fingerprint density at radius 1 is 1.19 bits per heavy atom. The van der Waals surface area contributed by atoms with Crippen molar-refractivity contribution in [3.05, 3.63) is 51.5 Å². The van der Waals surface area contributed by atoms with Crippen molar-refractivity contribution in [2.45, 2.75) is 32.2 Å². The van der Waals surface area contributed by atoms with Crippen molar-refractivity contribution in [1.29, 1.82) is 0 Å². The second kappa shape index (κ2) is 6.16. The van der Waals surface area contributed by atoms with E-state index in [2.05, 4.69) is 38.2 Å². The van der Waals surface area contributed by atoms with Gasteiger partial charge in [0, 0.05) is 21.4 Å². The van der Waals surface area contributed by atoms with Crippen LogP contribution in [-0.2, 0) is 5.41 Å². The monoisotopic (exact) mass is 307 g/mol. The van der Waals surface area contributed by atoms with Crippen LogP contribution in [0.4, 0.5) is 4.39 Å². The van der Waals surface area contributed by atoms with Crippen LogP contribution >= 0.6 is 11.3 Å². The highest BCUT2D eigenvalue weighted by Gasteiger charge is 2.22. The summed E-state index contributed by atoms with van der Waals surface area (Å²) >= 11 is 1.73. The van der Waals surface area contributed by atoms with E-state index in [1.165, 1.54) is 10.9 Å². The van der Waals surface area contributed by atoms with Crippen LogP contribution in [0.2, 0.25) is 0 Å². The first-order chi connectivity index (χ1) is 9.86. The van der Waals surface area contributed by atoms with Gasteiger partial charge in [0.25, 0.3) is 0 Å². The summed E-state index contributed by atoms with van der Waals surface area (Å²) in [5.41, 5.74) is 0.750. The van der Waals surface area contributed by atoms with E-state index in [1.54, 1.807) is 30.6 Å². The molecule has 4 heteroatoms. The summed E-state index contributed by atoms with van der Waals surface area (Å²) in [5.74, 6) is 0.284. The quantitative estimate of drug-likeness (QED) is 0.898. The van der Waals surface area contributed by atoms with Gasteiger partial charge in [0.05, 0.1) is 13.2 Å². The van der Waals surface area contributed by atoms with Crippen LogP contribution in [0.1, 0.15) is 42.1 Å². The summed E-state index contributed by atoms with van der Waals surface area (Å²) in [6.07, 6.45) is 0. The molecule has 0 saturated heterocycles. The molecular formula is C17H22FNOS. The number of methoxy groups -OCH3 is 1. The van der Waals surface area contributed by atoms with E-state index >= 15 is 0 Å². The van der Waals surface area contributed by atoms with E-state index in [-0.39, 0.29) is 17.3 Å². The maximum Gasteiger partial charge on any atom is 0.132 e. The highest BCUT2D eigenvalue weighted by molar-refractivity contribution is 7.12. The molecule has 1 aromatic carbocycles. The highest BCUT2D eigenvalue weighted by Crippen LogP contribution is 2.35. The maximum atomic E-state index is 14.3. The van der Waals surface area contributed by atoms with Gasteiger partial charge in [-0.2, -0.15) is 0 Å².